The standard InChI is InChI=1S/C21H26BrN3O/c1-16-7-9-17(10-8-16)20(25-13-11-24(2)12-14-25)15-23-21(26)18-5-3-4-6-19(18)22/h3-10,20H,11-15H2,1-2H3,(H,23,26)/t20-/m1/s1. The number of likely N-dealkylation sites (N-methyl/N-ethyl adjacent to an activating group) is 1. The van der Waals surface area contributed by atoms with Crippen LogP contribution >= 0.6 is 15.9 Å². The van der Waals surface area contributed by atoms with Crippen LogP contribution in [0.3, 0.4) is 0 Å². The number of piperazine rings is 1. The van der Waals surface area contributed by atoms with Gasteiger partial charge in [-0.05, 0) is 47.6 Å². The van der Waals surface area contributed by atoms with Gasteiger partial charge >= 0.3 is 0 Å². The van der Waals surface area contributed by atoms with Crippen LogP contribution in [0, 0.1) is 6.92 Å². The molecule has 0 unspecified atom stereocenters. The Balaban J connectivity index is 1.74. The summed E-state index contributed by atoms with van der Waals surface area (Å²) in [5.41, 5.74) is 3.18. The van der Waals surface area contributed by atoms with Gasteiger partial charge in [0.25, 0.3) is 5.91 Å². The normalized spacial score (nSPS) is 17.0. The molecule has 1 amide bonds. The summed E-state index contributed by atoms with van der Waals surface area (Å²) in [6.45, 7) is 6.84. The van der Waals surface area contributed by atoms with Crippen LogP contribution in [0.4, 0.5) is 0 Å². The molecule has 0 bridgehead atoms. The van der Waals surface area contributed by atoms with Crippen molar-refractivity contribution in [3.8, 4) is 0 Å². The van der Waals surface area contributed by atoms with E-state index in [1.54, 1.807) is 0 Å². The lowest BCUT2D eigenvalue weighted by molar-refractivity contribution is 0.0885. The number of benzene rings is 2. The minimum absolute atomic E-state index is 0.0382. The smallest absolute Gasteiger partial charge is 0.252 e. The average Bonchev–Trinajstić information content (AvgIpc) is 2.65. The molecular formula is C21H26BrN3O. The Kier molecular flexibility index (Phi) is 6.46. The maximum Gasteiger partial charge on any atom is 0.252 e. The maximum absolute atomic E-state index is 12.6. The van der Waals surface area contributed by atoms with E-state index in [4.69, 9.17) is 0 Å². The van der Waals surface area contributed by atoms with E-state index in [-0.39, 0.29) is 11.9 Å². The van der Waals surface area contributed by atoms with Crippen molar-refractivity contribution in [1.29, 1.82) is 0 Å². The van der Waals surface area contributed by atoms with Gasteiger partial charge in [-0.2, -0.15) is 0 Å². The Hall–Kier alpha value is -1.69. The Morgan fingerprint density at radius 2 is 1.73 bits per heavy atom. The SMILES string of the molecule is Cc1ccc([C@@H](CNC(=O)c2ccccc2Br)N2CCN(C)CC2)cc1. The number of nitrogens with zero attached hydrogens (tertiary/aromatic N) is 2. The predicted molar refractivity (Wildman–Crippen MR) is 109 cm³/mol. The summed E-state index contributed by atoms with van der Waals surface area (Å²) in [6, 6.07) is 16.4. The maximum atomic E-state index is 12.6. The van der Waals surface area contributed by atoms with Gasteiger partial charge in [-0.1, -0.05) is 42.0 Å². The molecular weight excluding hydrogens is 390 g/mol. The number of rotatable bonds is 5. The van der Waals surface area contributed by atoms with Gasteiger partial charge in [0.15, 0.2) is 0 Å². The monoisotopic (exact) mass is 415 g/mol. The third-order valence-electron chi connectivity index (χ3n) is 5.02. The lowest BCUT2D eigenvalue weighted by Crippen LogP contribution is -2.48. The van der Waals surface area contributed by atoms with E-state index in [1.165, 1.54) is 11.1 Å². The van der Waals surface area contributed by atoms with Gasteiger partial charge < -0.3 is 10.2 Å². The van der Waals surface area contributed by atoms with Crippen LogP contribution in [0.2, 0.25) is 0 Å². The van der Waals surface area contributed by atoms with Crippen molar-refractivity contribution < 1.29 is 4.79 Å². The molecule has 138 valence electrons. The molecule has 1 aliphatic rings. The van der Waals surface area contributed by atoms with Gasteiger partial charge in [-0.15, -0.1) is 0 Å². The van der Waals surface area contributed by atoms with E-state index < -0.39 is 0 Å². The lowest BCUT2D eigenvalue weighted by atomic mass is 10.0. The van der Waals surface area contributed by atoms with E-state index in [1.807, 2.05) is 24.3 Å². The highest BCUT2D eigenvalue weighted by atomic mass is 79.9. The molecule has 3 rings (SSSR count). The van der Waals surface area contributed by atoms with Crippen molar-refractivity contribution in [2.75, 3.05) is 39.8 Å². The van der Waals surface area contributed by atoms with Crippen LogP contribution in [0.1, 0.15) is 27.5 Å². The zero-order chi connectivity index (χ0) is 18.5. The fourth-order valence-corrected chi connectivity index (χ4v) is 3.77. The molecule has 0 spiro atoms. The van der Waals surface area contributed by atoms with Crippen LogP contribution in [0.5, 0.6) is 0 Å². The molecule has 26 heavy (non-hydrogen) atoms. The van der Waals surface area contributed by atoms with Crippen LogP contribution in [0.15, 0.2) is 53.0 Å². The minimum atomic E-state index is -0.0382. The first-order valence-corrected chi connectivity index (χ1v) is 9.86. The van der Waals surface area contributed by atoms with Crippen molar-refractivity contribution in [3.63, 3.8) is 0 Å². The Morgan fingerprint density at radius 3 is 2.38 bits per heavy atom. The number of nitrogens with one attached hydrogen (secondary N) is 1. The second-order valence-electron chi connectivity index (χ2n) is 6.96. The number of halogens is 1. The first kappa shape index (κ1) is 19.1. The summed E-state index contributed by atoms with van der Waals surface area (Å²) >= 11 is 3.46. The molecule has 1 fully saturated rings. The first-order valence-electron chi connectivity index (χ1n) is 9.06. The molecule has 0 aliphatic carbocycles. The van der Waals surface area contributed by atoms with Gasteiger partial charge in [0.05, 0.1) is 11.6 Å². The quantitative estimate of drug-likeness (QED) is 0.811. The van der Waals surface area contributed by atoms with E-state index >= 15 is 0 Å². The van der Waals surface area contributed by atoms with Crippen molar-refractivity contribution >= 4 is 21.8 Å². The van der Waals surface area contributed by atoms with Crippen LogP contribution in [-0.4, -0.2) is 55.5 Å². The Morgan fingerprint density at radius 1 is 1.08 bits per heavy atom. The molecule has 1 N–H and O–H groups in total. The summed E-state index contributed by atoms with van der Waals surface area (Å²) in [5, 5.41) is 3.14. The van der Waals surface area contributed by atoms with Gasteiger partial charge in [-0.3, -0.25) is 9.69 Å². The highest BCUT2D eigenvalue weighted by Gasteiger charge is 2.24. The summed E-state index contributed by atoms with van der Waals surface area (Å²) in [6.07, 6.45) is 0. The first-order chi connectivity index (χ1) is 12.5. The molecule has 2 aromatic carbocycles. The van der Waals surface area contributed by atoms with E-state index in [9.17, 15) is 4.79 Å². The van der Waals surface area contributed by atoms with Crippen molar-refractivity contribution in [3.05, 3.63) is 69.7 Å². The second kappa shape index (κ2) is 8.80. The van der Waals surface area contributed by atoms with Crippen LogP contribution < -0.4 is 5.32 Å². The third-order valence-corrected chi connectivity index (χ3v) is 5.71. The van der Waals surface area contributed by atoms with E-state index in [0.717, 1.165) is 30.7 Å². The van der Waals surface area contributed by atoms with Crippen LogP contribution in [-0.2, 0) is 0 Å². The van der Waals surface area contributed by atoms with Gasteiger partial charge in [0.2, 0.25) is 0 Å². The highest BCUT2D eigenvalue weighted by Crippen LogP contribution is 2.23. The van der Waals surface area contributed by atoms with Gasteiger partial charge in [-0.25, -0.2) is 0 Å². The zero-order valence-corrected chi connectivity index (χ0v) is 17.0. The van der Waals surface area contributed by atoms with Crippen LogP contribution in [0.25, 0.3) is 0 Å². The fraction of sp³-hybridized carbons (Fsp3) is 0.381. The number of carbonyl (C=O) groups excluding carboxylic acids is 1. The number of carbonyl (C=O) groups is 1. The summed E-state index contributed by atoms with van der Waals surface area (Å²) in [4.78, 5) is 17.4. The minimum Gasteiger partial charge on any atom is -0.350 e. The molecule has 4 nitrogen and oxygen atoms in total. The molecule has 0 radical (unpaired) electrons. The third kappa shape index (κ3) is 4.72. The van der Waals surface area contributed by atoms with Crippen molar-refractivity contribution in [1.82, 2.24) is 15.1 Å². The van der Waals surface area contributed by atoms with Crippen molar-refractivity contribution in [2.45, 2.75) is 13.0 Å². The predicted octanol–water partition coefficient (Wildman–Crippen LogP) is 3.48. The molecule has 1 atom stereocenters. The van der Waals surface area contributed by atoms with E-state index in [0.29, 0.717) is 12.1 Å². The largest absolute Gasteiger partial charge is 0.350 e. The number of amides is 1. The van der Waals surface area contributed by atoms with E-state index in [2.05, 4.69) is 69.3 Å². The fourth-order valence-electron chi connectivity index (χ4n) is 3.31. The number of hydrogen-bond donors (Lipinski definition) is 1. The summed E-state index contributed by atoms with van der Waals surface area (Å²) < 4.78 is 0.823. The van der Waals surface area contributed by atoms with Gasteiger partial charge in [0, 0.05) is 37.2 Å². The molecule has 0 aromatic heterocycles. The molecule has 1 heterocycles. The highest BCUT2D eigenvalue weighted by molar-refractivity contribution is 9.10. The molecule has 0 saturated carbocycles. The summed E-state index contributed by atoms with van der Waals surface area (Å²) in [7, 11) is 2.16. The second-order valence-corrected chi connectivity index (χ2v) is 7.81. The Bertz CT molecular complexity index is 739. The molecule has 1 aliphatic heterocycles. The molecule has 1 saturated heterocycles. The topological polar surface area (TPSA) is 35.6 Å². The summed E-state index contributed by atoms with van der Waals surface area (Å²) in [5.74, 6) is -0.0382. The Labute approximate surface area is 164 Å². The van der Waals surface area contributed by atoms with Gasteiger partial charge in [0.1, 0.15) is 0 Å². The van der Waals surface area contributed by atoms with Crippen molar-refractivity contribution in [2.24, 2.45) is 0 Å². The lowest BCUT2D eigenvalue weighted by Gasteiger charge is -2.38. The molecule has 2 aromatic rings. The number of aryl methyl sites for hydroxylation is 1. The average molecular weight is 416 g/mol. The zero-order valence-electron chi connectivity index (χ0n) is 15.4. The molecule has 5 heteroatoms. The number of hydrogen-bond acceptors (Lipinski definition) is 3.